The van der Waals surface area contributed by atoms with Crippen molar-refractivity contribution in [2.24, 2.45) is 5.92 Å². The van der Waals surface area contributed by atoms with Gasteiger partial charge in [-0.2, -0.15) is 0 Å². The van der Waals surface area contributed by atoms with Gasteiger partial charge in [-0.15, -0.1) is 6.58 Å². The molecule has 0 N–H and O–H groups in total. The smallest absolute Gasteiger partial charge is 0.0894 e. The van der Waals surface area contributed by atoms with Crippen molar-refractivity contribution in [3.63, 3.8) is 0 Å². The zero-order valence-electron chi connectivity index (χ0n) is 18.9. The maximum atomic E-state index is 4.93. The van der Waals surface area contributed by atoms with Crippen molar-refractivity contribution in [1.82, 2.24) is 9.97 Å². The Labute approximate surface area is 186 Å². The van der Waals surface area contributed by atoms with Crippen LogP contribution in [0.25, 0.3) is 22.2 Å². The van der Waals surface area contributed by atoms with E-state index in [9.17, 15) is 0 Å². The molecule has 2 aliphatic carbocycles. The standard InChI is InChI=1S/C27H26N2.C2H6/c1-3-5-19-10-11-21(17-23(19)20-8-9-20)24-16-18(2)7-12-22(24)25-13-14-26-27(29-25)6-4-15-28-26;1-2/h3-4,6-7,10-15,17-18,20H,1,5,8-9,16H2,2H3;1-2H3. The molecule has 1 aromatic carbocycles. The molecule has 0 radical (unpaired) electrons. The van der Waals surface area contributed by atoms with Crippen molar-refractivity contribution in [3.8, 4) is 0 Å². The fourth-order valence-electron chi connectivity index (χ4n) is 4.38. The van der Waals surface area contributed by atoms with Crippen LogP contribution in [0.3, 0.4) is 0 Å². The third-order valence-corrected chi connectivity index (χ3v) is 6.05. The number of nitrogens with zero attached hydrogens (tertiary/aromatic N) is 2. The SMILES string of the molecule is C=CCc1ccc(C2=C(c3ccc4ncccc4n3)C=CC(C)C2)cc1C1CC1.CC. The van der Waals surface area contributed by atoms with Crippen LogP contribution in [-0.2, 0) is 6.42 Å². The predicted molar refractivity (Wildman–Crippen MR) is 133 cm³/mol. The van der Waals surface area contributed by atoms with Crippen LogP contribution in [0, 0.1) is 5.92 Å². The summed E-state index contributed by atoms with van der Waals surface area (Å²) in [5, 5.41) is 0. The van der Waals surface area contributed by atoms with Crippen LogP contribution in [0.15, 0.2) is 73.5 Å². The molecule has 1 fully saturated rings. The lowest BCUT2D eigenvalue weighted by Gasteiger charge is -2.22. The van der Waals surface area contributed by atoms with E-state index in [4.69, 9.17) is 4.98 Å². The summed E-state index contributed by atoms with van der Waals surface area (Å²) in [6.45, 7) is 10.2. The number of aromatic nitrogens is 2. The first-order valence-corrected chi connectivity index (χ1v) is 11.6. The molecule has 5 rings (SSSR count). The van der Waals surface area contributed by atoms with Crippen molar-refractivity contribution in [2.75, 3.05) is 0 Å². The summed E-state index contributed by atoms with van der Waals surface area (Å²) in [7, 11) is 0. The van der Waals surface area contributed by atoms with Gasteiger partial charge in [0.1, 0.15) is 0 Å². The van der Waals surface area contributed by atoms with Crippen LogP contribution in [0.2, 0.25) is 0 Å². The molecule has 158 valence electrons. The van der Waals surface area contributed by atoms with Crippen LogP contribution >= 0.6 is 0 Å². The van der Waals surface area contributed by atoms with Crippen LogP contribution < -0.4 is 0 Å². The second-order valence-corrected chi connectivity index (χ2v) is 8.35. The maximum absolute atomic E-state index is 4.93. The number of benzene rings is 1. The molecule has 0 saturated heterocycles. The summed E-state index contributed by atoms with van der Waals surface area (Å²) in [6.07, 6.45) is 13.0. The maximum Gasteiger partial charge on any atom is 0.0894 e. The monoisotopic (exact) mass is 408 g/mol. The van der Waals surface area contributed by atoms with E-state index in [1.165, 1.54) is 40.7 Å². The summed E-state index contributed by atoms with van der Waals surface area (Å²) in [6, 6.07) is 15.2. The van der Waals surface area contributed by atoms with Crippen molar-refractivity contribution in [1.29, 1.82) is 0 Å². The highest BCUT2D eigenvalue weighted by Gasteiger charge is 2.27. The summed E-state index contributed by atoms with van der Waals surface area (Å²) < 4.78 is 0. The van der Waals surface area contributed by atoms with Gasteiger partial charge in [-0.25, -0.2) is 4.98 Å². The molecule has 2 aromatic heterocycles. The minimum Gasteiger partial charge on any atom is -0.255 e. The van der Waals surface area contributed by atoms with Crippen molar-refractivity contribution in [2.45, 2.75) is 52.4 Å². The quantitative estimate of drug-likeness (QED) is 0.403. The van der Waals surface area contributed by atoms with Gasteiger partial charge in [0, 0.05) is 11.8 Å². The van der Waals surface area contributed by atoms with E-state index in [-0.39, 0.29) is 0 Å². The molecule has 0 amide bonds. The van der Waals surface area contributed by atoms with Crippen LogP contribution in [-0.4, -0.2) is 9.97 Å². The lowest BCUT2D eigenvalue weighted by atomic mass is 9.83. The average molecular weight is 409 g/mol. The van der Waals surface area contributed by atoms with Crippen LogP contribution in [0.1, 0.15) is 68.3 Å². The molecule has 2 aliphatic rings. The molecule has 31 heavy (non-hydrogen) atoms. The molecule has 1 saturated carbocycles. The Morgan fingerprint density at radius 2 is 1.90 bits per heavy atom. The van der Waals surface area contributed by atoms with E-state index in [0.717, 1.165) is 35.5 Å². The molecule has 1 atom stereocenters. The zero-order valence-corrected chi connectivity index (χ0v) is 18.9. The van der Waals surface area contributed by atoms with Crippen molar-refractivity contribution < 1.29 is 0 Å². The minimum atomic E-state index is 0.535. The van der Waals surface area contributed by atoms with Gasteiger partial charge in [-0.3, -0.25) is 4.98 Å². The Kier molecular flexibility index (Phi) is 6.46. The first-order chi connectivity index (χ1) is 15.2. The number of hydrogen-bond acceptors (Lipinski definition) is 2. The summed E-state index contributed by atoms with van der Waals surface area (Å²) >= 11 is 0. The van der Waals surface area contributed by atoms with Gasteiger partial charge < -0.3 is 0 Å². The second-order valence-electron chi connectivity index (χ2n) is 8.35. The highest BCUT2D eigenvalue weighted by atomic mass is 14.8. The fourth-order valence-corrected chi connectivity index (χ4v) is 4.38. The van der Waals surface area contributed by atoms with Gasteiger partial charge in [0.15, 0.2) is 0 Å². The lowest BCUT2D eigenvalue weighted by Crippen LogP contribution is -2.04. The van der Waals surface area contributed by atoms with Crippen molar-refractivity contribution >= 4 is 22.2 Å². The van der Waals surface area contributed by atoms with Crippen LogP contribution in [0.4, 0.5) is 0 Å². The number of fused-ring (bicyclic) bond motifs is 1. The zero-order chi connectivity index (χ0) is 21.8. The average Bonchev–Trinajstić information content (AvgIpc) is 3.66. The van der Waals surface area contributed by atoms with E-state index in [2.05, 4.69) is 61.0 Å². The number of allylic oxidation sites excluding steroid dienone is 5. The van der Waals surface area contributed by atoms with Gasteiger partial charge in [0.05, 0.1) is 16.7 Å². The molecule has 2 nitrogen and oxygen atoms in total. The van der Waals surface area contributed by atoms with Gasteiger partial charge in [-0.1, -0.05) is 57.2 Å². The molecular weight excluding hydrogens is 376 g/mol. The van der Waals surface area contributed by atoms with E-state index in [0.29, 0.717) is 5.92 Å². The van der Waals surface area contributed by atoms with Crippen LogP contribution in [0.5, 0.6) is 0 Å². The topological polar surface area (TPSA) is 25.8 Å². The van der Waals surface area contributed by atoms with Gasteiger partial charge in [0.25, 0.3) is 0 Å². The predicted octanol–water partition coefficient (Wildman–Crippen LogP) is 7.77. The molecule has 1 unspecified atom stereocenters. The van der Waals surface area contributed by atoms with Gasteiger partial charge >= 0.3 is 0 Å². The Bertz CT molecular complexity index is 1150. The minimum absolute atomic E-state index is 0.535. The number of pyridine rings is 2. The van der Waals surface area contributed by atoms with Gasteiger partial charge in [-0.05, 0) is 84.0 Å². The summed E-state index contributed by atoms with van der Waals surface area (Å²) in [5.74, 6) is 1.27. The van der Waals surface area contributed by atoms with E-state index in [1.54, 1.807) is 0 Å². The van der Waals surface area contributed by atoms with E-state index < -0.39 is 0 Å². The summed E-state index contributed by atoms with van der Waals surface area (Å²) in [5.41, 5.74) is 9.87. The highest BCUT2D eigenvalue weighted by molar-refractivity contribution is 5.97. The second kappa shape index (κ2) is 9.43. The molecular formula is C29H32N2. The van der Waals surface area contributed by atoms with E-state index in [1.807, 2.05) is 38.3 Å². The largest absolute Gasteiger partial charge is 0.255 e. The Morgan fingerprint density at radius 1 is 1.06 bits per heavy atom. The third kappa shape index (κ3) is 4.54. The summed E-state index contributed by atoms with van der Waals surface area (Å²) in [4.78, 5) is 9.35. The van der Waals surface area contributed by atoms with Crippen molar-refractivity contribution in [3.05, 3.63) is 95.9 Å². The first-order valence-electron chi connectivity index (χ1n) is 11.6. The van der Waals surface area contributed by atoms with Gasteiger partial charge in [0.2, 0.25) is 0 Å². The first kappa shape index (κ1) is 21.2. The number of rotatable bonds is 5. The normalized spacial score (nSPS) is 18.0. The Hall–Kier alpha value is -3.00. The molecule has 0 spiro atoms. The molecule has 3 aromatic rings. The lowest BCUT2D eigenvalue weighted by molar-refractivity contribution is 0.750. The molecule has 0 aliphatic heterocycles. The Morgan fingerprint density at radius 3 is 2.68 bits per heavy atom. The molecule has 0 bridgehead atoms. The highest BCUT2D eigenvalue weighted by Crippen LogP contribution is 2.44. The Balaban J connectivity index is 0.00000112. The molecule has 2 heterocycles. The van der Waals surface area contributed by atoms with E-state index >= 15 is 0 Å². The number of hydrogen-bond donors (Lipinski definition) is 0. The fraction of sp³-hybridized carbons (Fsp3) is 0.310. The molecule has 2 heteroatoms. The third-order valence-electron chi connectivity index (χ3n) is 6.05.